The highest BCUT2D eigenvalue weighted by molar-refractivity contribution is 5.19. The van der Waals surface area contributed by atoms with Gasteiger partial charge in [-0.2, -0.15) is 13.2 Å². The van der Waals surface area contributed by atoms with Crippen LogP contribution in [-0.2, 0) is 12.6 Å². The topological polar surface area (TPSA) is 57.8 Å². The van der Waals surface area contributed by atoms with Gasteiger partial charge in [-0.3, -0.25) is 4.79 Å². The molecule has 1 aromatic heterocycles. The fraction of sp³-hybridized carbons (Fsp3) is 0.556. The minimum atomic E-state index is -4.59. The normalized spacial score (nSPS) is 11.8. The second kappa shape index (κ2) is 4.65. The zero-order valence-corrected chi connectivity index (χ0v) is 8.90. The van der Waals surface area contributed by atoms with Gasteiger partial charge >= 0.3 is 6.18 Å². The van der Waals surface area contributed by atoms with Crippen LogP contribution in [0.1, 0.15) is 17.1 Å². The average molecular weight is 235 g/mol. The van der Waals surface area contributed by atoms with E-state index in [-0.39, 0.29) is 12.2 Å². The first-order valence-corrected chi connectivity index (χ1v) is 4.68. The third-order valence-corrected chi connectivity index (χ3v) is 2.08. The summed E-state index contributed by atoms with van der Waals surface area (Å²) in [5, 5.41) is 2.77. The van der Waals surface area contributed by atoms with E-state index in [2.05, 4.69) is 15.3 Å². The molecule has 1 heterocycles. The van der Waals surface area contributed by atoms with Gasteiger partial charge in [0.25, 0.3) is 5.56 Å². The number of likely N-dealkylation sites (N-methyl/N-ethyl adjacent to an activating group) is 1. The van der Waals surface area contributed by atoms with Gasteiger partial charge in [0.15, 0.2) is 5.69 Å². The van der Waals surface area contributed by atoms with Gasteiger partial charge in [-0.05, 0) is 14.0 Å². The molecular weight excluding hydrogens is 223 g/mol. The van der Waals surface area contributed by atoms with E-state index in [4.69, 9.17) is 0 Å². The van der Waals surface area contributed by atoms with Crippen LogP contribution in [0.5, 0.6) is 0 Å². The van der Waals surface area contributed by atoms with E-state index in [9.17, 15) is 18.0 Å². The van der Waals surface area contributed by atoms with Gasteiger partial charge < -0.3 is 10.3 Å². The molecule has 0 spiro atoms. The number of alkyl halides is 3. The first kappa shape index (κ1) is 12.7. The van der Waals surface area contributed by atoms with Gasteiger partial charge in [0.2, 0.25) is 0 Å². The van der Waals surface area contributed by atoms with Crippen molar-refractivity contribution in [2.75, 3.05) is 13.6 Å². The van der Waals surface area contributed by atoms with Gasteiger partial charge in [0, 0.05) is 18.5 Å². The summed E-state index contributed by atoms with van der Waals surface area (Å²) >= 11 is 0. The van der Waals surface area contributed by atoms with E-state index < -0.39 is 23.0 Å². The predicted molar refractivity (Wildman–Crippen MR) is 52.2 cm³/mol. The van der Waals surface area contributed by atoms with Crippen LogP contribution in [0.25, 0.3) is 0 Å². The number of aromatic nitrogens is 2. The van der Waals surface area contributed by atoms with Crippen molar-refractivity contribution in [1.29, 1.82) is 0 Å². The zero-order valence-electron chi connectivity index (χ0n) is 8.90. The molecule has 4 nitrogen and oxygen atoms in total. The highest BCUT2D eigenvalue weighted by Gasteiger charge is 2.35. The van der Waals surface area contributed by atoms with Crippen LogP contribution in [0.2, 0.25) is 0 Å². The maximum atomic E-state index is 12.5. The maximum Gasteiger partial charge on any atom is 0.433 e. The molecule has 0 saturated heterocycles. The third kappa shape index (κ3) is 2.82. The summed E-state index contributed by atoms with van der Waals surface area (Å²) in [4.78, 5) is 17.0. The third-order valence-electron chi connectivity index (χ3n) is 2.08. The van der Waals surface area contributed by atoms with Crippen LogP contribution in [0, 0.1) is 6.92 Å². The Morgan fingerprint density at radius 3 is 2.56 bits per heavy atom. The number of aromatic amines is 1. The lowest BCUT2D eigenvalue weighted by Gasteiger charge is -2.10. The molecule has 0 aromatic carbocycles. The fourth-order valence-electron chi connectivity index (χ4n) is 1.22. The lowest BCUT2D eigenvalue weighted by molar-refractivity contribution is -0.142. The zero-order chi connectivity index (χ0) is 12.3. The van der Waals surface area contributed by atoms with Crippen molar-refractivity contribution in [3.05, 3.63) is 27.4 Å². The van der Waals surface area contributed by atoms with Crippen molar-refractivity contribution in [3.8, 4) is 0 Å². The molecule has 1 aromatic rings. The summed E-state index contributed by atoms with van der Waals surface area (Å²) in [6, 6.07) is 0. The van der Waals surface area contributed by atoms with Gasteiger partial charge in [0.1, 0.15) is 5.82 Å². The minimum absolute atomic E-state index is 0.0391. The Bertz CT molecular complexity index is 425. The molecule has 0 saturated carbocycles. The number of hydrogen-bond donors (Lipinski definition) is 2. The van der Waals surface area contributed by atoms with Crippen LogP contribution >= 0.6 is 0 Å². The van der Waals surface area contributed by atoms with Crippen LogP contribution < -0.4 is 10.9 Å². The fourth-order valence-corrected chi connectivity index (χ4v) is 1.22. The van der Waals surface area contributed by atoms with Crippen molar-refractivity contribution < 1.29 is 13.2 Å². The van der Waals surface area contributed by atoms with E-state index >= 15 is 0 Å². The van der Waals surface area contributed by atoms with Gasteiger partial charge in [-0.1, -0.05) is 0 Å². The molecule has 0 radical (unpaired) electrons. The largest absolute Gasteiger partial charge is 0.433 e. The lowest BCUT2D eigenvalue weighted by atomic mass is 10.2. The maximum absolute atomic E-state index is 12.5. The van der Waals surface area contributed by atoms with Crippen LogP contribution in [0.4, 0.5) is 13.2 Å². The molecule has 0 unspecified atom stereocenters. The minimum Gasteiger partial charge on any atom is -0.319 e. The lowest BCUT2D eigenvalue weighted by Crippen LogP contribution is -2.24. The smallest absolute Gasteiger partial charge is 0.319 e. The molecule has 0 fully saturated rings. The molecule has 0 aliphatic heterocycles. The van der Waals surface area contributed by atoms with E-state index in [1.165, 1.54) is 0 Å². The van der Waals surface area contributed by atoms with Crippen LogP contribution in [0.15, 0.2) is 4.79 Å². The molecule has 16 heavy (non-hydrogen) atoms. The Balaban J connectivity index is 3.18. The Labute approximate surface area is 89.9 Å². The number of halogens is 3. The van der Waals surface area contributed by atoms with Crippen molar-refractivity contribution in [2.45, 2.75) is 19.5 Å². The molecule has 90 valence electrons. The highest BCUT2D eigenvalue weighted by Crippen LogP contribution is 2.28. The Hall–Kier alpha value is -1.37. The highest BCUT2D eigenvalue weighted by atomic mass is 19.4. The molecule has 0 aliphatic rings. The summed E-state index contributed by atoms with van der Waals surface area (Å²) < 4.78 is 37.5. The average Bonchev–Trinajstić information content (AvgIpc) is 2.17. The second-order valence-electron chi connectivity index (χ2n) is 3.34. The molecule has 7 heteroatoms. The quantitative estimate of drug-likeness (QED) is 0.817. The number of nitrogens with zero attached hydrogens (tertiary/aromatic N) is 1. The molecular formula is C9H12F3N3O. The predicted octanol–water partition coefficient (Wildman–Crippen LogP) is 0.859. The summed E-state index contributed by atoms with van der Waals surface area (Å²) in [6.07, 6.45) is -4.35. The summed E-state index contributed by atoms with van der Waals surface area (Å²) in [7, 11) is 1.66. The van der Waals surface area contributed by atoms with Crippen molar-refractivity contribution in [2.24, 2.45) is 0 Å². The molecule has 0 atom stereocenters. The Kier molecular flexibility index (Phi) is 3.69. The molecule has 0 bridgehead atoms. The molecule has 0 amide bonds. The van der Waals surface area contributed by atoms with Crippen LogP contribution in [0.3, 0.4) is 0 Å². The van der Waals surface area contributed by atoms with Gasteiger partial charge in [-0.25, -0.2) is 4.98 Å². The second-order valence-corrected chi connectivity index (χ2v) is 3.34. The van der Waals surface area contributed by atoms with Gasteiger partial charge in [0.05, 0.1) is 0 Å². The first-order chi connectivity index (χ1) is 7.36. The molecule has 0 aliphatic carbocycles. The van der Waals surface area contributed by atoms with Crippen molar-refractivity contribution in [1.82, 2.24) is 15.3 Å². The standard InChI is InChI=1S/C9H12F3N3O/c1-5-7(9(10,11)12)14-6(3-4-13-2)15-8(5)16/h13H,3-4H2,1-2H3,(H,14,15,16). The van der Waals surface area contributed by atoms with Crippen molar-refractivity contribution in [3.63, 3.8) is 0 Å². The summed E-state index contributed by atoms with van der Waals surface area (Å²) in [5.41, 5.74) is -2.25. The summed E-state index contributed by atoms with van der Waals surface area (Å²) in [5.74, 6) is 0.0391. The summed E-state index contributed by atoms with van der Waals surface area (Å²) in [6.45, 7) is 1.56. The van der Waals surface area contributed by atoms with Crippen molar-refractivity contribution >= 4 is 0 Å². The number of H-pyrrole nitrogens is 1. The Morgan fingerprint density at radius 1 is 1.44 bits per heavy atom. The van der Waals surface area contributed by atoms with Gasteiger partial charge in [-0.15, -0.1) is 0 Å². The Morgan fingerprint density at radius 2 is 2.06 bits per heavy atom. The van der Waals surface area contributed by atoms with E-state index in [0.717, 1.165) is 6.92 Å². The van der Waals surface area contributed by atoms with E-state index in [0.29, 0.717) is 6.54 Å². The molecule has 2 N–H and O–H groups in total. The number of hydrogen-bond acceptors (Lipinski definition) is 3. The van der Waals surface area contributed by atoms with E-state index in [1.807, 2.05) is 0 Å². The number of rotatable bonds is 3. The first-order valence-electron chi connectivity index (χ1n) is 4.68. The molecule has 1 rings (SSSR count). The SMILES string of the molecule is CNCCc1nc(C(F)(F)F)c(C)c(=O)[nH]1. The van der Waals surface area contributed by atoms with E-state index in [1.54, 1.807) is 7.05 Å². The van der Waals surface area contributed by atoms with Crippen LogP contribution in [-0.4, -0.2) is 23.6 Å². The number of nitrogens with one attached hydrogen (secondary N) is 2. The monoisotopic (exact) mass is 235 g/mol.